The summed E-state index contributed by atoms with van der Waals surface area (Å²) in [5.41, 5.74) is 28.8. The SMILES string of the molecule is CC(C)(C)c1ccc(-c2ccc3c(c2)C2(C)CCCCC2(C)N3c2cc3c4c(c2)N(c2ccc(C(C)(C)C)cc2-c2ccccc2)c2cc(C(C)(C)C)ccc2B4c2ccc(C(C)(C)C)cc2N3c2ccc(C(C)(C)C)cc2-c2ccccc2)cc1. The van der Waals surface area contributed by atoms with E-state index in [0.717, 1.165) is 12.8 Å². The topological polar surface area (TPSA) is 9.72 Å². The van der Waals surface area contributed by atoms with Crippen LogP contribution in [-0.2, 0) is 32.5 Å². The van der Waals surface area contributed by atoms with E-state index in [1.807, 2.05) is 0 Å². The van der Waals surface area contributed by atoms with Gasteiger partial charge in [0.2, 0.25) is 0 Å². The lowest BCUT2D eigenvalue weighted by Gasteiger charge is -2.51. The monoisotopic (exact) mass is 1130 g/mol. The largest absolute Gasteiger partial charge is 0.334 e. The molecule has 1 fully saturated rings. The molecule has 0 amide bonds. The summed E-state index contributed by atoms with van der Waals surface area (Å²) in [6.45, 7) is 40.4. The van der Waals surface area contributed by atoms with Crippen molar-refractivity contribution in [3.8, 4) is 33.4 Å². The van der Waals surface area contributed by atoms with Crippen molar-refractivity contribution in [2.75, 3.05) is 14.7 Å². The van der Waals surface area contributed by atoms with Crippen LogP contribution >= 0.6 is 0 Å². The number of hydrogen-bond acceptors (Lipinski definition) is 3. The highest BCUT2D eigenvalue weighted by Gasteiger charge is 2.58. The summed E-state index contributed by atoms with van der Waals surface area (Å²) in [6, 6.07) is 74.3. The standard InChI is InChI=1S/C82H90BN3/c1-76(2,3)57-33-30-53(31-34-57)56-32-41-70-65(46-56)81(16)44-24-25-45-82(81,17)86(70)62-51-73-75-74(52-62)85(69-43-38-59(78(7,8)9)48-64(69)55-28-22-19-23-29-55)72-50-61(80(13,14)15)36-40-67(72)83(75)66-39-35-60(79(10,11)12)49-71(66)84(73)68-42-37-58(77(4,5)6)47-63(68)54-26-20-18-21-27-54/h18-23,26-43,46-52H,24-25,44-45H2,1-17H3. The minimum absolute atomic E-state index is 0.0636. The van der Waals surface area contributed by atoms with Gasteiger partial charge in [-0.3, -0.25) is 0 Å². The van der Waals surface area contributed by atoms with E-state index in [4.69, 9.17) is 0 Å². The molecule has 2 atom stereocenters. The van der Waals surface area contributed by atoms with E-state index in [2.05, 4.69) is 320 Å². The molecule has 0 aromatic heterocycles. The van der Waals surface area contributed by atoms with Crippen LogP contribution in [0.1, 0.15) is 177 Å². The van der Waals surface area contributed by atoms with Crippen LogP contribution in [0.4, 0.5) is 45.5 Å². The number of nitrogens with zero attached hydrogens (tertiary/aromatic N) is 3. The van der Waals surface area contributed by atoms with Gasteiger partial charge in [0.15, 0.2) is 0 Å². The van der Waals surface area contributed by atoms with Gasteiger partial charge in [0, 0.05) is 50.7 Å². The third kappa shape index (κ3) is 9.37. The number of fused-ring (bicyclic) bond motifs is 7. The Bertz CT molecular complexity index is 3930. The summed E-state index contributed by atoms with van der Waals surface area (Å²) in [6.07, 6.45) is 4.61. The first-order chi connectivity index (χ1) is 40.5. The zero-order valence-electron chi connectivity index (χ0n) is 54.6. The number of anilines is 8. The molecule has 9 aromatic rings. The molecule has 3 nitrogen and oxygen atoms in total. The molecule has 86 heavy (non-hydrogen) atoms. The van der Waals surface area contributed by atoms with Crippen LogP contribution in [-0.4, -0.2) is 12.3 Å². The van der Waals surface area contributed by atoms with Crippen molar-refractivity contribution in [2.24, 2.45) is 0 Å². The first-order valence-electron chi connectivity index (χ1n) is 32.1. The smallest absolute Gasteiger partial charge is 0.252 e. The molecular formula is C82H90BN3. The van der Waals surface area contributed by atoms with E-state index in [0.29, 0.717) is 0 Å². The molecule has 4 aliphatic rings. The van der Waals surface area contributed by atoms with Crippen molar-refractivity contribution in [3.05, 3.63) is 221 Å². The van der Waals surface area contributed by atoms with Gasteiger partial charge < -0.3 is 14.7 Å². The molecule has 0 spiro atoms. The third-order valence-corrected chi connectivity index (χ3v) is 20.6. The average molecular weight is 1130 g/mol. The van der Waals surface area contributed by atoms with Crippen molar-refractivity contribution in [1.29, 1.82) is 0 Å². The number of hydrogen-bond donors (Lipinski definition) is 0. The van der Waals surface area contributed by atoms with E-state index in [-0.39, 0.29) is 44.7 Å². The van der Waals surface area contributed by atoms with Crippen LogP contribution in [0.2, 0.25) is 0 Å². The molecule has 0 bridgehead atoms. The predicted octanol–water partition coefficient (Wildman–Crippen LogP) is 21.0. The van der Waals surface area contributed by atoms with Gasteiger partial charge in [0.05, 0.1) is 16.9 Å². The molecule has 4 heteroatoms. The summed E-state index contributed by atoms with van der Waals surface area (Å²) >= 11 is 0. The van der Waals surface area contributed by atoms with Crippen molar-refractivity contribution in [1.82, 2.24) is 0 Å². The van der Waals surface area contributed by atoms with E-state index in [1.54, 1.807) is 0 Å². The molecule has 0 saturated heterocycles. The quantitative estimate of drug-likeness (QED) is 0.154. The number of rotatable bonds is 6. The van der Waals surface area contributed by atoms with Gasteiger partial charge in [-0.25, -0.2) is 0 Å². The Morgan fingerprint density at radius 1 is 0.337 bits per heavy atom. The van der Waals surface area contributed by atoms with Gasteiger partial charge in [-0.15, -0.1) is 0 Å². The van der Waals surface area contributed by atoms with Gasteiger partial charge in [0.1, 0.15) is 0 Å². The molecule has 436 valence electrons. The minimum Gasteiger partial charge on any atom is -0.334 e. The van der Waals surface area contributed by atoms with Gasteiger partial charge in [0.25, 0.3) is 6.71 Å². The van der Waals surface area contributed by atoms with E-state index >= 15 is 0 Å². The zero-order chi connectivity index (χ0) is 60.8. The Balaban J connectivity index is 1.18. The Morgan fingerprint density at radius 2 is 0.733 bits per heavy atom. The molecule has 0 radical (unpaired) electrons. The first-order valence-corrected chi connectivity index (χ1v) is 32.1. The summed E-state index contributed by atoms with van der Waals surface area (Å²) in [4.78, 5) is 8.28. The van der Waals surface area contributed by atoms with Crippen LogP contribution in [0.3, 0.4) is 0 Å². The molecule has 1 saturated carbocycles. The highest BCUT2D eigenvalue weighted by molar-refractivity contribution is 7.00. The molecule has 3 aliphatic heterocycles. The van der Waals surface area contributed by atoms with Crippen LogP contribution in [0.5, 0.6) is 0 Å². The predicted molar refractivity (Wildman–Crippen MR) is 373 cm³/mol. The maximum absolute atomic E-state index is 2.85. The van der Waals surface area contributed by atoms with E-state index < -0.39 is 0 Å². The van der Waals surface area contributed by atoms with E-state index in [1.165, 1.54) is 141 Å². The summed E-state index contributed by atoms with van der Waals surface area (Å²) in [7, 11) is 0. The van der Waals surface area contributed by atoms with Crippen LogP contribution in [0, 0.1) is 0 Å². The molecule has 13 rings (SSSR count). The van der Waals surface area contributed by atoms with Gasteiger partial charge in [-0.1, -0.05) is 251 Å². The van der Waals surface area contributed by atoms with Crippen LogP contribution in [0.25, 0.3) is 33.4 Å². The molecule has 9 aromatic carbocycles. The summed E-state index contributed by atoms with van der Waals surface area (Å²) in [5.74, 6) is 0. The highest BCUT2D eigenvalue weighted by Crippen LogP contribution is 2.63. The minimum atomic E-state index is -0.233. The lowest BCUT2D eigenvalue weighted by Crippen LogP contribution is -2.61. The maximum Gasteiger partial charge on any atom is 0.252 e. The molecule has 2 unspecified atom stereocenters. The van der Waals surface area contributed by atoms with Gasteiger partial charge in [-0.2, -0.15) is 0 Å². The highest BCUT2D eigenvalue weighted by atomic mass is 15.3. The second kappa shape index (κ2) is 20.0. The summed E-state index contributed by atoms with van der Waals surface area (Å²) < 4.78 is 0. The first kappa shape index (κ1) is 57.5. The average Bonchev–Trinajstić information content (AvgIpc) is 1.19. The fourth-order valence-electron chi connectivity index (χ4n) is 15.1. The van der Waals surface area contributed by atoms with Gasteiger partial charge in [-0.05, 0) is 180 Å². The third-order valence-electron chi connectivity index (χ3n) is 20.6. The molecule has 1 aliphatic carbocycles. The molecule has 0 N–H and O–H groups in total. The molecular weight excluding hydrogens is 1040 g/mol. The maximum atomic E-state index is 2.85. The second-order valence-electron chi connectivity index (χ2n) is 31.5. The normalized spacial score (nSPS) is 18.3. The van der Waals surface area contributed by atoms with Crippen molar-refractivity contribution in [3.63, 3.8) is 0 Å². The number of benzene rings is 9. The van der Waals surface area contributed by atoms with Gasteiger partial charge >= 0.3 is 0 Å². The van der Waals surface area contributed by atoms with Crippen LogP contribution in [0.15, 0.2) is 188 Å². The van der Waals surface area contributed by atoms with Crippen molar-refractivity contribution < 1.29 is 0 Å². The fraction of sp³-hybridized carbons (Fsp3) is 0.341. The lowest BCUT2D eigenvalue weighted by molar-refractivity contribution is 0.195. The Labute approximate surface area is 516 Å². The zero-order valence-corrected chi connectivity index (χ0v) is 54.6. The summed E-state index contributed by atoms with van der Waals surface area (Å²) in [5, 5.41) is 0. The lowest BCUT2D eigenvalue weighted by atomic mass is 9.33. The van der Waals surface area contributed by atoms with Crippen LogP contribution < -0.4 is 31.1 Å². The van der Waals surface area contributed by atoms with Crippen molar-refractivity contribution >= 4 is 68.6 Å². The van der Waals surface area contributed by atoms with E-state index in [9.17, 15) is 0 Å². The second-order valence-corrected chi connectivity index (χ2v) is 31.5. The Morgan fingerprint density at radius 3 is 1.19 bits per heavy atom. The Hall–Kier alpha value is -7.56. The fourth-order valence-corrected chi connectivity index (χ4v) is 15.1. The van der Waals surface area contributed by atoms with Crippen molar-refractivity contribution in [2.45, 2.75) is 181 Å². The Kier molecular flexibility index (Phi) is 13.4. The molecule has 3 heterocycles.